The Morgan fingerprint density at radius 1 is 1.20 bits per heavy atom. The summed E-state index contributed by atoms with van der Waals surface area (Å²) in [5, 5.41) is 22.7. The molecular weight excluding hydrogens is 649 g/mol. The molecule has 1 amide bonds. The molecule has 2 aromatic heterocycles. The number of rotatable bonds is 5. The Morgan fingerprint density at radius 3 is 2.44 bits per heavy atom. The number of hydrogen-bond donors (Lipinski definition) is 2. The lowest BCUT2D eigenvalue weighted by atomic mass is 9.94. The number of dihydropyridines is 1. The molecule has 0 aliphatic carbocycles. The van der Waals surface area contributed by atoms with Gasteiger partial charge in [0.1, 0.15) is 22.3 Å². The molecule has 1 aromatic carbocycles. The highest BCUT2D eigenvalue weighted by Crippen LogP contribution is 2.45. The van der Waals surface area contributed by atoms with Crippen molar-refractivity contribution >= 4 is 63.1 Å². The van der Waals surface area contributed by atoms with E-state index in [9.17, 15) is 24.3 Å². The van der Waals surface area contributed by atoms with Crippen LogP contribution in [0.1, 0.15) is 26.3 Å². The van der Waals surface area contributed by atoms with Gasteiger partial charge in [-0.1, -0.05) is 55.2 Å². The van der Waals surface area contributed by atoms with E-state index in [0.29, 0.717) is 11.3 Å². The van der Waals surface area contributed by atoms with Crippen molar-refractivity contribution in [1.29, 1.82) is 5.26 Å². The summed E-state index contributed by atoms with van der Waals surface area (Å²) in [5.74, 6) is -4.10. The molecule has 1 fully saturated rings. The fourth-order valence-electron chi connectivity index (χ4n) is 5.72. The average molecular weight is 676 g/mol. The van der Waals surface area contributed by atoms with Gasteiger partial charge in [0.15, 0.2) is 17.4 Å². The third kappa shape index (κ3) is 5.31. The summed E-state index contributed by atoms with van der Waals surface area (Å²) in [6.45, 7) is 10.3. The van der Waals surface area contributed by atoms with Crippen LogP contribution in [0.3, 0.4) is 0 Å². The molecule has 0 radical (unpaired) electrons. The van der Waals surface area contributed by atoms with Crippen LogP contribution in [0.4, 0.5) is 14.5 Å². The van der Waals surface area contributed by atoms with Crippen LogP contribution in [-0.4, -0.2) is 57.7 Å². The molecule has 3 aromatic rings. The molecule has 5 rings (SSSR count). The van der Waals surface area contributed by atoms with E-state index in [1.54, 1.807) is 29.0 Å². The van der Waals surface area contributed by atoms with Gasteiger partial charge >= 0.3 is 0 Å². The highest BCUT2D eigenvalue weighted by atomic mass is 35.5. The second-order valence-electron chi connectivity index (χ2n) is 11.0. The molecule has 1 saturated heterocycles. The number of benzene rings is 1. The first-order valence-corrected chi connectivity index (χ1v) is 15.0. The zero-order valence-corrected chi connectivity index (χ0v) is 26.7. The molecule has 4 heterocycles. The number of fused-ring (bicyclic) bond motifs is 1. The maximum absolute atomic E-state index is 15.5. The molecule has 0 spiro atoms. The van der Waals surface area contributed by atoms with Gasteiger partial charge in [-0.3, -0.25) is 14.2 Å². The number of phenols is 1. The minimum Gasteiger partial charge on any atom is -0.504 e. The molecule has 2 aliphatic heterocycles. The topological polar surface area (TPSA) is 114 Å². The molecule has 0 unspecified atom stereocenters. The standard InChI is InChI=1S/C31H27Cl3F2N6O3/c1-5-19(43)40-8-10-41(11-9-40)28-16-12-18(32)26(20-23(35)21(33)22(34)24(36)29(20)44)39-30(16)42(31(45)17(28)13-37)27-15(4)6-7-38-25(27)14(2)3/h5-7,12,14,25,38,44H,1,8-11H2,2-4H3/t25-/m1/s1. The summed E-state index contributed by atoms with van der Waals surface area (Å²) in [5.41, 5.74) is -0.668. The van der Waals surface area contributed by atoms with Gasteiger partial charge in [-0.05, 0) is 42.8 Å². The largest absolute Gasteiger partial charge is 0.504 e. The maximum Gasteiger partial charge on any atom is 0.276 e. The maximum atomic E-state index is 15.5. The summed E-state index contributed by atoms with van der Waals surface area (Å²) in [4.78, 5) is 34.6. The van der Waals surface area contributed by atoms with Gasteiger partial charge in [0, 0.05) is 31.6 Å². The number of piperazine rings is 1. The van der Waals surface area contributed by atoms with Crippen molar-refractivity contribution in [3.8, 4) is 23.1 Å². The van der Waals surface area contributed by atoms with Crippen molar-refractivity contribution in [3.05, 3.63) is 79.2 Å². The zero-order valence-electron chi connectivity index (χ0n) is 24.4. The number of anilines is 1. The minimum absolute atomic E-state index is 0.0274. The van der Waals surface area contributed by atoms with E-state index in [0.717, 1.165) is 0 Å². The van der Waals surface area contributed by atoms with Crippen LogP contribution in [0.25, 0.3) is 28.0 Å². The highest BCUT2D eigenvalue weighted by Gasteiger charge is 2.33. The lowest BCUT2D eigenvalue weighted by Crippen LogP contribution is -2.49. The van der Waals surface area contributed by atoms with Crippen LogP contribution in [0.15, 0.2) is 41.4 Å². The Balaban J connectivity index is 1.90. The van der Waals surface area contributed by atoms with Crippen molar-refractivity contribution in [1.82, 2.24) is 19.8 Å². The van der Waals surface area contributed by atoms with Crippen LogP contribution in [0, 0.1) is 28.9 Å². The summed E-state index contributed by atoms with van der Waals surface area (Å²) in [6.07, 6.45) is 4.73. The minimum atomic E-state index is -1.37. The second-order valence-corrected chi connectivity index (χ2v) is 12.1. The van der Waals surface area contributed by atoms with Gasteiger partial charge in [-0.2, -0.15) is 5.26 Å². The number of nitrogens with zero attached hydrogens (tertiary/aromatic N) is 5. The third-order valence-electron chi connectivity index (χ3n) is 7.96. The number of carbonyl (C=O) groups excluding carboxylic acids is 1. The second kappa shape index (κ2) is 12.4. The van der Waals surface area contributed by atoms with E-state index < -0.39 is 50.3 Å². The fourth-order valence-corrected chi connectivity index (χ4v) is 6.32. The van der Waals surface area contributed by atoms with Crippen molar-refractivity contribution in [2.75, 3.05) is 31.1 Å². The van der Waals surface area contributed by atoms with Gasteiger partial charge < -0.3 is 20.2 Å². The van der Waals surface area contributed by atoms with Crippen LogP contribution in [0.2, 0.25) is 15.1 Å². The number of nitrogens with one attached hydrogen (secondary N) is 1. The molecule has 45 heavy (non-hydrogen) atoms. The van der Waals surface area contributed by atoms with Gasteiger partial charge in [0.05, 0.1) is 38.7 Å². The summed E-state index contributed by atoms with van der Waals surface area (Å²) in [6, 6.07) is 3.04. The first kappa shape index (κ1) is 32.3. The first-order valence-electron chi connectivity index (χ1n) is 13.9. The van der Waals surface area contributed by atoms with Gasteiger partial charge in [-0.15, -0.1) is 0 Å². The fraction of sp³-hybridized carbons (Fsp3) is 0.290. The van der Waals surface area contributed by atoms with Crippen LogP contribution >= 0.6 is 34.8 Å². The molecule has 1 atom stereocenters. The number of aromatic nitrogens is 2. The van der Waals surface area contributed by atoms with Crippen molar-refractivity contribution in [2.45, 2.75) is 26.8 Å². The molecule has 0 saturated carbocycles. The monoisotopic (exact) mass is 674 g/mol. The van der Waals surface area contributed by atoms with Crippen molar-refractivity contribution < 1.29 is 18.7 Å². The number of allylic oxidation sites excluding steroid dienone is 2. The smallest absolute Gasteiger partial charge is 0.276 e. The van der Waals surface area contributed by atoms with Gasteiger partial charge in [0.25, 0.3) is 5.56 Å². The molecule has 0 bridgehead atoms. The van der Waals surface area contributed by atoms with E-state index in [-0.39, 0.29) is 65.3 Å². The first-order chi connectivity index (χ1) is 21.3. The molecule has 9 nitrogen and oxygen atoms in total. The lowest BCUT2D eigenvalue weighted by Gasteiger charge is -2.37. The quantitative estimate of drug-likeness (QED) is 0.191. The SMILES string of the molecule is C=CC(=O)N1CCN(c2c(C#N)c(=O)n(C3=C(C)C=CN[C@@H]3C(C)C)c3nc(-c4c(O)c(F)c(Cl)c(Cl)c4F)c(Cl)cc23)CC1. The van der Waals surface area contributed by atoms with Gasteiger partial charge in [0.2, 0.25) is 5.91 Å². The number of carbonyl (C=O) groups is 1. The van der Waals surface area contributed by atoms with Crippen LogP contribution in [-0.2, 0) is 4.79 Å². The van der Waals surface area contributed by atoms with Crippen LogP contribution in [0.5, 0.6) is 5.75 Å². The molecule has 2 aliphatic rings. The molecule has 234 valence electrons. The number of halogens is 5. The number of aromatic hydroxyl groups is 1. The molecule has 2 N–H and O–H groups in total. The summed E-state index contributed by atoms with van der Waals surface area (Å²) < 4.78 is 31.6. The van der Waals surface area contributed by atoms with E-state index in [1.165, 1.54) is 16.7 Å². The Bertz CT molecular complexity index is 1910. The number of amides is 1. The van der Waals surface area contributed by atoms with E-state index >= 15 is 4.39 Å². The number of pyridine rings is 2. The van der Waals surface area contributed by atoms with Crippen molar-refractivity contribution in [3.63, 3.8) is 0 Å². The van der Waals surface area contributed by atoms with E-state index in [2.05, 4.69) is 22.9 Å². The predicted octanol–water partition coefficient (Wildman–Crippen LogP) is 6.09. The molecule has 14 heteroatoms. The Kier molecular flexibility index (Phi) is 8.86. The lowest BCUT2D eigenvalue weighted by molar-refractivity contribution is -0.126. The number of phenolic OH excluding ortho intramolecular Hbond substituents is 1. The van der Waals surface area contributed by atoms with Crippen LogP contribution < -0.4 is 15.8 Å². The average Bonchev–Trinajstić information content (AvgIpc) is 3.02. The van der Waals surface area contributed by atoms with Crippen molar-refractivity contribution in [2.24, 2.45) is 5.92 Å². The number of hydrogen-bond acceptors (Lipinski definition) is 7. The summed E-state index contributed by atoms with van der Waals surface area (Å²) >= 11 is 18.4. The Morgan fingerprint density at radius 2 is 1.84 bits per heavy atom. The molecular formula is C31H27Cl3F2N6O3. The third-order valence-corrected chi connectivity index (χ3v) is 9.06. The predicted molar refractivity (Wildman–Crippen MR) is 172 cm³/mol. The van der Waals surface area contributed by atoms with E-state index in [4.69, 9.17) is 34.8 Å². The normalized spacial score (nSPS) is 16.8. The summed E-state index contributed by atoms with van der Waals surface area (Å²) in [7, 11) is 0. The zero-order chi connectivity index (χ0) is 32.9. The Labute approximate surface area is 272 Å². The number of nitriles is 1. The van der Waals surface area contributed by atoms with E-state index in [1.807, 2.05) is 13.8 Å². The van der Waals surface area contributed by atoms with Gasteiger partial charge in [-0.25, -0.2) is 13.8 Å². The Hall–Kier alpha value is -4.11. The highest BCUT2D eigenvalue weighted by molar-refractivity contribution is 6.42.